The molecule has 6 nitrogen and oxygen atoms in total. The minimum absolute atomic E-state index is 0.182. The first-order chi connectivity index (χ1) is 13.5. The van der Waals surface area contributed by atoms with Gasteiger partial charge in [-0.15, -0.1) is 0 Å². The summed E-state index contributed by atoms with van der Waals surface area (Å²) in [6.07, 6.45) is 5.83. The Morgan fingerprint density at radius 3 is 2.82 bits per heavy atom. The molecule has 2 heterocycles. The summed E-state index contributed by atoms with van der Waals surface area (Å²) in [5, 5.41) is 6.67. The molecule has 8 heteroatoms. The minimum Gasteiger partial charge on any atom is -0.499 e. The maximum absolute atomic E-state index is 13.0. The van der Waals surface area contributed by atoms with Crippen molar-refractivity contribution in [3.63, 3.8) is 0 Å². The first kappa shape index (κ1) is 18.5. The van der Waals surface area contributed by atoms with E-state index in [1.165, 1.54) is 18.3 Å². The van der Waals surface area contributed by atoms with Crippen LogP contribution in [0.2, 0.25) is 10.0 Å². The molecule has 1 aromatic carbocycles. The van der Waals surface area contributed by atoms with E-state index in [4.69, 9.17) is 27.9 Å². The maximum Gasteiger partial charge on any atom is 0.258 e. The molecule has 1 unspecified atom stereocenters. The van der Waals surface area contributed by atoms with Crippen molar-refractivity contribution < 1.29 is 14.3 Å². The Bertz CT molecular complexity index is 1060. The van der Waals surface area contributed by atoms with Gasteiger partial charge in [-0.2, -0.15) is 0 Å². The van der Waals surface area contributed by atoms with E-state index in [9.17, 15) is 9.59 Å². The molecule has 0 bridgehead atoms. The van der Waals surface area contributed by atoms with E-state index in [0.29, 0.717) is 39.8 Å². The molecular formula is C20H15Cl2N3O3. The van der Waals surface area contributed by atoms with E-state index < -0.39 is 11.9 Å². The summed E-state index contributed by atoms with van der Waals surface area (Å²) in [7, 11) is 1.55. The Kier molecular flexibility index (Phi) is 4.83. The Balaban J connectivity index is 1.76. The topological polar surface area (TPSA) is 80.3 Å². The average molecular weight is 416 g/mol. The number of carbonyl (C=O) groups excluding carboxylic acids is 2. The highest BCUT2D eigenvalue weighted by Gasteiger charge is 2.36. The van der Waals surface area contributed by atoms with Gasteiger partial charge in [-0.3, -0.25) is 9.59 Å². The lowest BCUT2D eigenvalue weighted by Crippen LogP contribution is -2.37. The number of fused-ring (bicyclic) bond motifs is 2. The number of halogens is 2. The summed E-state index contributed by atoms with van der Waals surface area (Å²) in [6.45, 7) is 0. The van der Waals surface area contributed by atoms with E-state index in [2.05, 4.69) is 15.6 Å². The predicted molar refractivity (Wildman–Crippen MR) is 108 cm³/mol. The molecule has 2 N–H and O–H groups in total. The van der Waals surface area contributed by atoms with E-state index in [1.807, 2.05) is 12.2 Å². The molecule has 0 saturated heterocycles. The highest BCUT2D eigenvalue weighted by molar-refractivity contribution is 6.33. The van der Waals surface area contributed by atoms with Crippen LogP contribution >= 0.6 is 23.2 Å². The predicted octanol–water partition coefficient (Wildman–Crippen LogP) is 4.48. The largest absolute Gasteiger partial charge is 0.499 e. The lowest BCUT2D eigenvalue weighted by Gasteiger charge is -2.32. The molecule has 0 fully saturated rings. The van der Waals surface area contributed by atoms with E-state index >= 15 is 0 Å². The minimum atomic E-state index is -0.458. The van der Waals surface area contributed by atoms with Crippen molar-refractivity contribution in [3.8, 4) is 0 Å². The third-order valence-corrected chi connectivity index (χ3v) is 5.05. The SMILES string of the molecule is COC1=CCC=C2C(=O)c3cc(Cl)cc(C(=O)Nc4cc(Cl)ccn4)c3NC12. The molecule has 1 aromatic heterocycles. The maximum atomic E-state index is 13.0. The monoisotopic (exact) mass is 415 g/mol. The number of carbonyl (C=O) groups is 2. The first-order valence-corrected chi connectivity index (χ1v) is 9.25. The van der Waals surface area contributed by atoms with Gasteiger partial charge in [0.2, 0.25) is 0 Å². The van der Waals surface area contributed by atoms with E-state index in [-0.39, 0.29) is 16.4 Å². The number of aromatic nitrogens is 1. The lowest BCUT2D eigenvalue weighted by molar-refractivity contribution is 0.102. The average Bonchev–Trinajstić information content (AvgIpc) is 2.68. The van der Waals surface area contributed by atoms with Crippen molar-refractivity contribution in [1.82, 2.24) is 4.98 Å². The van der Waals surface area contributed by atoms with Crippen LogP contribution in [-0.4, -0.2) is 29.8 Å². The number of hydrogen-bond donors (Lipinski definition) is 2. The van der Waals surface area contributed by atoms with Crippen LogP contribution in [0.1, 0.15) is 27.1 Å². The number of ether oxygens (including phenoxy) is 1. The summed E-state index contributed by atoms with van der Waals surface area (Å²) in [4.78, 5) is 30.0. The fraction of sp³-hybridized carbons (Fsp3) is 0.150. The first-order valence-electron chi connectivity index (χ1n) is 8.49. The molecule has 1 amide bonds. The Hall–Kier alpha value is -2.83. The fourth-order valence-corrected chi connectivity index (χ4v) is 3.72. The smallest absolute Gasteiger partial charge is 0.258 e. The number of allylic oxidation sites excluding steroid dienone is 2. The molecular weight excluding hydrogens is 401 g/mol. The second-order valence-electron chi connectivity index (χ2n) is 6.30. The van der Waals surface area contributed by atoms with Gasteiger partial charge in [0.25, 0.3) is 5.91 Å². The normalized spacial score (nSPS) is 17.5. The molecule has 0 spiro atoms. The van der Waals surface area contributed by atoms with Crippen LogP contribution in [0.15, 0.2) is 53.9 Å². The van der Waals surface area contributed by atoms with Gasteiger partial charge in [-0.05, 0) is 36.8 Å². The summed E-state index contributed by atoms with van der Waals surface area (Å²) in [6, 6.07) is 5.75. The molecule has 1 aliphatic heterocycles. The van der Waals surface area contributed by atoms with Gasteiger partial charge < -0.3 is 15.4 Å². The number of ketones is 1. The Morgan fingerprint density at radius 2 is 2.07 bits per heavy atom. The van der Waals surface area contributed by atoms with E-state index in [0.717, 1.165) is 0 Å². The second-order valence-corrected chi connectivity index (χ2v) is 7.17. The number of nitrogens with zero attached hydrogens (tertiary/aromatic N) is 1. The summed E-state index contributed by atoms with van der Waals surface area (Å²) >= 11 is 12.1. The number of methoxy groups -OCH3 is 1. The Morgan fingerprint density at radius 1 is 1.25 bits per heavy atom. The van der Waals surface area contributed by atoms with Crippen LogP contribution in [-0.2, 0) is 4.74 Å². The van der Waals surface area contributed by atoms with Crippen molar-refractivity contribution in [2.75, 3.05) is 17.7 Å². The van der Waals surface area contributed by atoms with Crippen LogP contribution in [0.25, 0.3) is 0 Å². The van der Waals surface area contributed by atoms with Gasteiger partial charge in [-0.1, -0.05) is 29.3 Å². The second kappa shape index (κ2) is 7.30. The van der Waals surface area contributed by atoms with Gasteiger partial charge in [0.05, 0.1) is 18.4 Å². The summed E-state index contributed by atoms with van der Waals surface area (Å²) < 4.78 is 5.41. The number of benzene rings is 1. The molecule has 28 heavy (non-hydrogen) atoms. The van der Waals surface area contributed by atoms with Gasteiger partial charge in [-0.25, -0.2) is 4.98 Å². The molecule has 1 aliphatic carbocycles. The molecule has 142 valence electrons. The van der Waals surface area contributed by atoms with Gasteiger partial charge in [0.1, 0.15) is 17.6 Å². The van der Waals surface area contributed by atoms with Gasteiger partial charge >= 0.3 is 0 Å². The number of pyridine rings is 1. The zero-order valence-corrected chi connectivity index (χ0v) is 16.3. The van der Waals surface area contributed by atoms with Crippen LogP contribution in [0.4, 0.5) is 11.5 Å². The number of anilines is 2. The number of hydrogen-bond acceptors (Lipinski definition) is 5. The quantitative estimate of drug-likeness (QED) is 0.772. The summed E-state index contributed by atoms with van der Waals surface area (Å²) in [5.41, 5.74) is 1.56. The van der Waals surface area contributed by atoms with Gasteiger partial charge in [0, 0.05) is 27.4 Å². The zero-order chi connectivity index (χ0) is 19.8. The lowest BCUT2D eigenvalue weighted by atomic mass is 9.85. The number of amides is 1. The van der Waals surface area contributed by atoms with Crippen molar-refractivity contribution in [3.05, 3.63) is 75.1 Å². The van der Waals surface area contributed by atoms with Crippen LogP contribution in [0.5, 0.6) is 0 Å². The summed E-state index contributed by atoms with van der Waals surface area (Å²) in [5.74, 6) is 0.289. The molecule has 1 atom stereocenters. The highest BCUT2D eigenvalue weighted by atomic mass is 35.5. The fourth-order valence-electron chi connectivity index (χ4n) is 3.34. The van der Waals surface area contributed by atoms with Crippen LogP contribution in [0.3, 0.4) is 0 Å². The number of Topliss-reactive ketones (excluding diaryl/α,β-unsaturated/α-hetero) is 1. The zero-order valence-electron chi connectivity index (χ0n) is 14.8. The molecule has 4 rings (SSSR count). The number of nitrogens with one attached hydrogen (secondary N) is 2. The Labute approximate surface area is 171 Å². The third-order valence-electron chi connectivity index (χ3n) is 4.59. The van der Waals surface area contributed by atoms with Crippen molar-refractivity contribution in [2.24, 2.45) is 0 Å². The standard InChI is InChI=1S/C20H15Cl2N3O3/c1-28-15-4-2-3-12-18(15)25-17-13(19(12)26)7-11(22)8-14(17)20(27)24-16-9-10(21)5-6-23-16/h3-9,18,25H,2H2,1H3,(H,23,24,27). The number of rotatable bonds is 3. The van der Waals surface area contributed by atoms with Crippen molar-refractivity contribution in [1.29, 1.82) is 0 Å². The van der Waals surface area contributed by atoms with Crippen LogP contribution < -0.4 is 10.6 Å². The van der Waals surface area contributed by atoms with Gasteiger partial charge in [0.15, 0.2) is 5.78 Å². The van der Waals surface area contributed by atoms with E-state index in [1.54, 1.807) is 19.2 Å². The molecule has 2 aromatic rings. The van der Waals surface area contributed by atoms with Crippen molar-refractivity contribution >= 4 is 46.4 Å². The molecule has 2 aliphatic rings. The molecule has 0 saturated carbocycles. The molecule has 0 radical (unpaired) electrons. The third kappa shape index (κ3) is 3.25. The van der Waals surface area contributed by atoms with Crippen LogP contribution in [0, 0.1) is 0 Å². The highest BCUT2D eigenvalue weighted by Crippen LogP contribution is 2.38. The van der Waals surface area contributed by atoms with Crippen molar-refractivity contribution in [2.45, 2.75) is 12.5 Å².